The van der Waals surface area contributed by atoms with E-state index in [0.29, 0.717) is 12.0 Å². The van der Waals surface area contributed by atoms with Crippen molar-refractivity contribution in [3.8, 4) is 0 Å². The van der Waals surface area contributed by atoms with Crippen LogP contribution in [0.3, 0.4) is 0 Å². The molecule has 2 aliphatic heterocycles. The first-order valence-corrected chi connectivity index (χ1v) is 7.64. The molecule has 0 saturated carbocycles. The van der Waals surface area contributed by atoms with Gasteiger partial charge in [-0.25, -0.2) is 9.97 Å². The molecule has 0 radical (unpaired) electrons. The largest absolute Gasteiger partial charge is 0.373 e. The van der Waals surface area contributed by atoms with Crippen LogP contribution in [-0.4, -0.2) is 53.3 Å². The van der Waals surface area contributed by atoms with E-state index < -0.39 is 0 Å². The summed E-state index contributed by atoms with van der Waals surface area (Å²) in [4.78, 5) is 11.1. The average molecular weight is 276 g/mol. The molecule has 2 atom stereocenters. The Balaban J connectivity index is 1.53. The lowest BCUT2D eigenvalue weighted by Gasteiger charge is -2.35. The van der Waals surface area contributed by atoms with E-state index in [9.17, 15) is 0 Å². The number of nitrogens with zero attached hydrogens (tertiary/aromatic N) is 3. The van der Waals surface area contributed by atoms with Gasteiger partial charge in [0.15, 0.2) is 0 Å². The molecule has 20 heavy (non-hydrogen) atoms. The number of hydrogen-bond acceptors (Lipinski definition) is 5. The minimum absolute atomic E-state index is 0.266. The van der Waals surface area contributed by atoms with E-state index in [0.717, 1.165) is 31.2 Å². The molecule has 2 saturated heterocycles. The van der Waals surface area contributed by atoms with Gasteiger partial charge in [-0.1, -0.05) is 13.8 Å². The van der Waals surface area contributed by atoms with Crippen LogP contribution in [-0.2, 0) is 4.74 Å². The van der Waals surface area contributed by atoms with Crippen LogP contribution in [0.4, 0.5) is 5.82 Å². The van der Waals surface area contributed by atoms with Gasteiger partial charge in [0, 0.05) is 30.9 Å². The third-order valence-corrected chi connectivity index (χ3v) is 4.25. The Morgan fingerprint density at radius 3 is 3.20 bits per heavy atom. The molecule has 1 aromatic rings. The highest BCUT2D eigenvalue weighted by atomic mass is 16.5. The maximum Gasteiger partial charge on any atom is 0.129 e. The summed E-state index contributed by atoms with van der Waals surface area (Å²) in [6.45, 7) is 8.26. The SMILES string of the molecule is CC(C)c1cc(NCC2CN3CCCC3CO2)ncn1. The molecular formula is C15H24N4O. The maximum absolute atomic E-state index is 5.94. The van der Waals surface area contributed by atoms with Crippen molar-refractivity contribution in [2.45, 2.75) is 44.8 Å². The molecule has 3 rings (SSSR count). The molecule has 1 aromatic heterocycles. The molecule has 0 bridgehead atoms. The zero-order valence-corrected chi connectivity index (χ0v) is 12.4. The molecule has 0 spiro atoms. The predicted octanol–water partition coefficient (Wildman–Crippen LogP) is 1.88. The summed E-state index contributed by atoms with van der Waals surface area (Å²) in [5, 5.41) is 3.39. The lowest BCUT2D eigenvalue weighted by atomic mass is 10.1. The molecule has 2 unspecified atom stereocenters. The van der Waals surface area contributed by atoms with Gasteiger partial charge in [0.1, 0.15) is 12.1 Å². The molecule has 3 heterocycles. The van der Waals surface area contributed by atoms with E-state index >= 15 is 0 Å². The Morgan fingerprint density at radius 2 is 2.35 bits per heavy atom. The van der Waals surface area contributed by atoms with E-state index in [1.54, 1.807) is 6.33 Å². The van der Waals surface area contributed by atoms with Crippen molar-refractivity contribution in [3.05, 3.63) is 18.1 Å². The van der Waals surface area contributed by atoms with Crippen molar-refractivity contribution in [2.24, 2.45) is 0 Å². The highest BCUT2D eigenvalue weighted by molar-refractivity contribution is 5.35. The molecule has 0 aromatic carbocycles. The van der Waals surface area contributed by atoms with Gasteiger partial charge in [-0.15, -0.1) is 0 Å². The van der Waals surface area contributed by atoms with E-state index in [4.69, 9.17) is 4.74 Å². The molecule has 5 nitrogen and oxygen atoms in total. The van der Waals surface area contributed by atoms with E-state index in [-0.39, 0.29) is 6.10 Å². The molecular weight excluding hydrogens is 252 g/mol. The Labute approximate surface area is 120 Å². The van der Waals surface area contributed by atoms with Crippen LogP contribution in [0.1, 0.15) is 38.3 Å². The Morgan fingerprint density at radius 1 is 1.45 bits per heavy atom. The standard InChI is InChI=1S/C15H24N4O/c1-11(2)14-6-15(18-10-17-14)16-7-13-8-19-5-3-4-12(19)9-20-13/h6,10-13H,3-5,7-9H2,1-2H3,(H,16,17,18). The normalized spacial score (nSPS) is 26.8. The van der Waals surface area contributed by atoms with Crippen LogP contribution in [0.2, 0.25) is 0 Å². The number of aromatic nitrogens is 2. The van der Waals surface area contributed by atoms with Crippen molar-refractivity contribution in [2.75, 3.05) is 31.6 Å². The zero-order valence-electron chi connectivity index (χ0n) is 12.4. The first-order valence-electron chi connectivity index (χ1n) is 7.64. The second-order valence-corrected chi connectivity index (χ2v) is 6.11. The van der Waals surface area contributed by atoms with Gasteiger partial charge >= 0.3 is 0 Å². The second kappa shape index (κ2) is 6.06. The van der Waals surface area contributed by atoms with Crippen molar-refractivity contribution in [3.63, 3.8) is 0 Å². The van der Waals surface area contributed by atoms with Crippen molar-refractivity contribution in [1.82, 2.24) is 14.9 Å². The number of fused-ring (bicyclic) bond motifs is 1. The smallest absolute Gasteiger partial charge is 0.129 e. The van der Waals surface area contributed by atoms with Crippen molar-refractivity contribution < 1.29 is 4.74 Å². The molecule has 1 N–H and O–H groups in total. The molecule has 110 valence electrons. The molecule has 2 fully saturated rings. The fraction of sp³-hybridized carbons (Fsp3) is 0.733. The van der Waals surface area contributed by atoms with Gasteiger partial charge in [0.05, 0.1) is 12.7 Å². The summed E-state index contributed by atoms with van der Waals surface area (Å²) < 4.78 is 5.94. The molecule has 0 amide bonds. The van der Waals surface area contributed by atoms with Crippen molar-refractivity contribution >= 4 is 5.82 Å². The number of morpholine rings is 1. The predicted molar refractivity (Wildman–Crippen MR) is 78.9 cm³/mol. The van der Waals surface area contributed by atoms with Crippen LogP contribution in [0, 0.1) is 0 Å². The first kappa shape index (κ1) is 13.8. The van der Waals surface area contributed by atoms with E-state index in [1.807, 2.05) is 6.07 Å². The van der Waals surface area contributed by atoms with Crippen molar-refractivity contribution in [1.29, 1.82) is 0 Å². The monoisotopic (exact) mass is 276 g/mol. The lowest BCUT2D eigenvalue weighted by Crippen LogP contribution is -2.48. The van der Waals surface area contributed by atoms with Crippen LogP contribution < -0.4 is 5.32 Å². The highest BCUT2D eigenvalue weighted by Gasteiger charge is 2.31. The summed E-state index contributed by atoms with van der Waals surface area (Å²) in [7, 11) is 0. The fourth-order valence-corrected chi connectivity index (χ4v) is 3.01. The van der Waals surface area contributed by atoms with Gasteiger partial charge in [-0.2, -0.15) is 0 Å². The number of hydrogen-bond donors (Lipinski definition) is 1. The number of ether oxygens (including phenoxy) is 1. The average Bonchev–Trinajstić information content (AvgIpc) is 2.93. The minimum atomic E-state index is 0.266. The van der Waals surface area contributed by atoms with Gasteiger partial charge in [-0.05, 0) is 25.3 Å². The van der Waals surface area contributed by atoms with Crippen LogP contribution >= 0.6 is 0 Å². The number of anilines is 1. The third kappa shape index (κ3) is 3.10. The fourth-order valence-electron chi connectivity index (χ4n) is 3.01. The summed E-state index contributed by atoms with van der Waals surface area (Å²) in [6, 6.07) is 2.70. The van der Waals surface area contributed by atoms with E-state index in [1.165, 1.54) is 19.4 Å². The van der Waals surface area contributed by atoms with Gasteiger partial charge in [-0.3, -0.25) is 4.90 Å². The Kier molecular flexibility index (Phi) is 4.17. The Hall–Kier alpha value is -1.20. The van der Waals surface area contributed by atoms with Gasteiger partial charge in [0.2, 0.25) is 0 Å². The van der Waals surface area contributed by atoms with E-state index in [2.05, 4.69) is 34.0 Å². The molecule has 2 aliphatic rings. The summed E-state index contributed by atoms with van der Waals surface area (Å²) in [5.41, 5.74) is 1.08. The highest BCUT2D eigenvalue weighted by Crippen LogP contribution is 2.22. The number of nitrogens with one attached hydrogen (secondary N) is 1. The zero-order chi connectivity index (χ0) is 13.9. The van der Waals surface area contributed by atoms with Gasteiger partial charge < -0.3 is 10.1 Å². The van der Waals surface area contributed by atoms with Gasteiger partial charge in [0.25, 0.3) is 0 Å². The topological polar surface area (TPSA) is 50.3 Å². The minimum Gasteiger partial charge on any atom is -0.373 e. The number of rotatable bonds is 4. The molecule has 0 aliphatic carbocycles. The first-order chi connectivity index (χ1) is 9.72. The third-order valence-electron chi connectivity index (χ3n) is 4.25. The molecule has 5 heteroatoms. The summed E-state index contributed by atoms with van der Waals surface area (Å²) in [5.74, 6) is 1.32. The lowest BCUT2D eigenvalue weighted by molar-refractivity contribution is -0.0416. The summed E-state index contributed by atoms with van der Waals surface area (Å²) in [6.07, 6.45) is 4.51. The Bertz CT molecular complexity index is 451. The van der Waals surface area contributed by atoms with Crippen LogP contribution in [0.25, 0.3) is 0 Å². The van der Waals surface area contributed by atoms with Crippen LogP contribution in [0.5, 0.6) is 0 Å². The summed E-state index contributed by atoms with van der Waals surface area (Å²) >= 11 is 0. The van der Waals surface area contributed by atoms with Crippen LogP contribution in [0.15, 0.2) is 12.4 Å². The second-order valence-electron chi connectivity index (χ2n) is 6.11. The maximum atomic E-state index is 5.94. The quantitative estimate of drug-likeness (QED) is 0.910.